The number of carbonyl (C=O) groups excluding carboxylic acids is 1. The first-order valence-electron chi connectivity index (χ1n) is 8.50. The molecule has 0 aromatic heterocycles. The summed E-state index contributed by atoms with van der Waals surface area (Å²) in [5.41, 5.74) is 6.98. The van der Waals surface area contributed by atoms with Crippen molar-refractivity contribution in [2.75, 3.05) is 11.4 Å². The lowest BCUT2D eigenvalue weighted by molar-refractivity contribution is -0.125. The molecule has 7 heteroatoms. The fraction of sp³-hybridized carbons (Fsp3) is 0.611. The van der Waals surface area contributed by atoms with Gasteiger partial charge in [0.05, 0.1) is 12.1 Å². The third-order valence-corrected chi connectivity index (χ3v) is 4.93. The van der Waals surface area contributed by atoms with Gasteiger partial charge in [0, 0.05) is 29.9 Å². The molecule has 1 aliphatic carbocycles. The number of rotatable bonds is 3. The molecule has 0 spiro atoms. The molecule has 3 rings (SSSR count). The van der Waals surface area contributed by atoms with E-state index in [2.05, 4.69) is 10.2 Å². The minimum Gasteiger partial charge on any atom is -0.368 e. The summed E-state index contributed by atoms with van der Waals surface area (Å²) < 4.78 is 27.5. The maximum atomic E-state index is 13.8. The second-order valence-electron chi connectivity index (χ2n) is 7.94. The highest BCUT2D eigenvalue weighted by Gasteiger charge is 2.37. The maximum absolute atomic E-state index is 13.8. The molecule has 2 aliphatic rings. The van der Waals surface area contributed by atoms with Crippen LogP contribution in [-0.2, 0) is 4.79 Å². The lowest BCUT2D eigenvalue weighted by atomic mass is 9.86. The summed E-state index contributed by atoms with van der Waals surface area (Å²) in [5.74, 6) is -1.99. The van der Waals surface area contributed by atoms with Gasteiger partial charge in [-0.2, -0.15) is 0 Å². The van der Waals surface area contributed by atoms with Gasteiger partial charge in [0.1, 0.15) is 0 Å². The number of anilines is 1. The number of fused-ring (bicyclic) bond motifs is 1. The molecule has 25 heavy (non-hydrogen) atoms. The number of hydrogen-bond donors (Lipinski definition) is 2. The van der Waals surface area contributed by atoms with Crippen molar-refractivity contribution in [1.82, 2.24) is 5.32 Å². The zero-order valence-electron chi connectivity index (χ0n) is 14.8. The number of nitrogens with two attached hydrogens (primary N) is 1. The molecule has 2 atom stereocenters. The average molecular weight is 374 g/mol. The SMILES string of the molecule is CC(C)(C)[C@H](N)C(=O)NC1CCN(C2CC2)c2cc(F)c(F)cc21.Cl. The van der Waals surface area contributed by atoms with Crippen molar-refractivity contribution in [2.24, 2.45) is 11.1 Å². The van der Waals surface area contributed by atoms with Gasteiger partial charge in [-0.3, -0.25) is 4.79 Å². The van der Waals surface area contributed by atoms with E-state index in [1.165, 1.54) is 12.1 Å². The number of nitrogens with zero attached hydrogens (tertiary/aromatic N) is 1. The van der Waals surface area contributed by atoms with E-state index in [-0.39, 0.29) is 29.8 Å². The predicted octanol–water partition coefficient (Wildman–Crippen LogP) is 3.29. The van der Waals surface area contributed by atoms with E-state index in [0.717, 1.165) is 19.4 Å². The molecule has 3 N–H and O–H groups in total. The molecule has 1 amide bonds. The number of halogens is 3. The molecule has 0 bridgehead atoms. The molecular formula is C18H26ClF2N3O. The van der Waals surface area contributed by atoms with E-state index in [1.54, 1.807) is 0 Å². The van der Waals surface area contributed by atoms with Gasteiger partial charge in [0.15, 0.2) is 11.6 Å². The standard InChI is InChI=1S/C18H25F2N3O.ClH/c1-18(2,3)16(21)17(24)22-14-6-7-23(10-4-5-10)15-9-13(20)12(19)8-11(14)15;/h8-10,14,16H,4-7,21H2,1-3H3,(H,22,24);1H/t14?,16-;/m1./s1. The fourth-order valence-electron chi connectivity index (χ4n) is 3.19. The first-order valence-corrected chi connectivity index (χ1v) is 8.50. The molecular weight excluding hydrogens is 348 g/mol. The van der Waals surface area contributed by atoms with Gasteiger partial charge < -0.3 is 16.0 Å². The first-order chi connectivity index (χ1) is 11.2. The highest BCUT2D eigenvalue weighted by Crippen LogP contribution is 2.41. The molecule has 1 unspecified atom stereocenters. The van der Waals surface area contributed by atoms with Crippen LogP contribution in [0.3, 0.4) is 0 Å². The quantitative estimate of drug-likeness (QED) is 0.854. The Hall–Kier alpha value is -1.40. The third kappa shape index (κ3) is 4.06. The molecule has 4 nitrogen and oxygen atoms in total. The van der Waals surface area contributed by atoms with Crippen molar-refractivity contribution >= 4 is 24.0 Å². The van der Waals surface area contributed by atoms with Crippen molar-refractivity contribution in [3.05, 3.63) is 29.3 Å². The van der Waals surface area contributed by atoms with Gasteiger partial charge in [0.2, 0.25) is 5.91 Å². The fourth-order valence-corrected chi connectivity index (χ4v) is 3.19. The van der Waals surface area contributed by atoms with Gasteiger partial charge >= 0.3 is 0 Å². The first kappa shape index (κ1) is 19.9. The second kappa shape index (κ2) is 7.08. The van der Waals surface area contributed by atoms with E-state index in [4.69, 9.17) is 5.73 Å². The van der Waals surface area contributed by atoms with Crippen molar-refractivity contribution in [2.45, 2.75) is 58.2 Å². The summed E-state index contributed by atoms with van der Waals surface area (Å²) >= 11 is 0. The molecule has 1 aliphatic heterocycles. The second-order valence-corrected chi connectivity index (χ2v) is 7.94. The summed E-state index contributed by atoms with van der Waals surface area (Å²) in [6.07, 6.45) is 2.81. The number of amides is 1. The Morgan fingerprint density at radius 2 is 1.84 bits per heavy atom. The van der Waals surface area contributed by atoms with Gasteiger partial charge in [-0.25, -0.2) is 8.78 Å². The van der Waals surface area contributed by atoms with Crippen LogP contribution in [0, 0.1) is 17.0 Å². The Bertz CT molecular complexity index is 658. The third-order valence-electron chi connectivity index (χ3n) is 4.93. The van der Waals surface area contributed by atoms with Crippen LogP contribution in [-0.4, -0.2) is 24.5 Å². The van der Waals surface area contributed by atoms with Crippen LogP contribution in [0.1, 0.15) is 51.6 Å². The molecule has 1 aromatic carbocycles. The summed E-state index contributed by atoms with van der Waals surface area (Å²) in [6, 6.07) is 1.87. The number of hydrogen-bond acceptors (Lipinski definition) is 3. The Kier molecular flexibility index (Phi) is 5.64. The summed E-state index contributed by atoms with van der Waals surface area (Å²) in [6.45, 7) is 6.42. The van der Waals surface area contributed by atoms with Gasteiger partial charge in [-0.1, -0.05) is 20.8 Å². The summed E-state index contributed by atoms with van der Waals surface area (Å²) in [7, 11) is 0. The predicted molar refractivity (Wildman–Crippen MR) is 96.9 cm³/mol. The van der Waals surface area contributed by atoms with Crippen LogP contribution >= 0.6 is 12.4 Å². The van der Waals surface area contributed by atoms with Gasteiger partial charge in [0.25, 0.3) is 0 Å². The highest BCUT2D eigenvalue weighted by molar-refractivity contribution is 5.85. The maximum Gasteiger partial charge on any atom is 0.237 e. The van der Waals surface area contributed by atoms with Crippen LogP contribution in [0.5, 0.6) is 0 Å². The normalized spacial score (nSPS) is 21.2. The summed E-state index contributed by atoms with van der Waals surface area (Å²) in [4.78, 5) is 14.6. The zero-order valence-corrected chi connectivity index (χ0v) is 15.6. The smallest absolute Gasteiger partial charge is 0.237 e. The number of carbonyl (C=O) groups is 1. The van der Waals surface area contributed by atoms with E-state index < -0.39 is 17.7 Å². The Morgan fingerprint density at radius 3 is 2.40 bits per heavy atom. The monoisotopic (exact) mass is 373 g/mol. The molecule has 140 valence electrons. The van der Waals surface area contributed by atoms with Crippen molar-refractivity contribution < 1.29 is 13.6 Å². The van der Waals surface area contributed by atoms with E-state index in [1.807, 2.05) is 20.8 Å². The van der Waals surface area contributed by atoms with Crippen molar-refractivity contribution in [3.63, 3.8) is 0 Å². The van der Waals surface area contributed by atoms with Gasteiger partial charge in [-0.05, 0) is 30.7 Å². The largest absolute Gasteiger partial charge is 0.368 e. The molecule has 1 saturated carbocycles. The van der Waals surface area contributed by atoms with E-state index >= 15 is 0 Å². The molecule has 1 aromatic rings. The van der Waals surface area contributed by atoms with E-state index in [9.17, 15) is 13.6 Å². The highest BCUT2D eigenvalue weighted by atomic mass is 35.5. The Balaban J connectivity index is 0.00000225. The van der Waals surface area contributed by atoms with Crippen LogP contribution in [0.4, 0.5) is 14.5 Å². The average Bonchev–Trinajstić information content (AvgIpc) is 3.32. The molecule has 0 saturated heterocycles. The minimum atomic E-state index is -0.884. The number of benzene rings is 1. The molecule has 1 fully saturated rings. The van der Waals surface area contributed by atoms with Crippen LogP contribution < -0.4 is 16.0 Å². The van der Waals surface area contributed by atoms with Crippen LogP contribution in [0.2, 0.25) is 0 Å². The molecule has 1 heterocycles. The zero-order chi connectivity index (χ0) is 17.6. The van der Waals surface area contributed by atoms with Crippen molar-refractivity contribution in [1.29, 1.82) is 0 Å². The Labute approximate surface area is 153 Å². The number of nitrogens with one attached hydrogen (secondary N) is 1. The van der Waals surface area contributed by atoms with Crippen molar-refractivity contribution in [3.8, 4) is 0 Å². The lowest BCUT2D eigenvalue weighted by Crippen LogP contribution is -2.50. The van der Waals surface area contributed by atoms with Crippen LogP contribution in [0.25, 0.3) is 0 Å². The molecule has 0 radical (unpaired) electrons. The van der Waals surface area contributed by atoms with E-state index in [0.29, 0.717) is 23.7 Å². The van der Waals surface area contributed by atoms with Crippen LogP contribution in [0.15, 0.2) is 12.1 Å². The summed E-state index contributed by atoms with van der Waals surface area (Å²) in [5, 5.41) is 2.93. The lowest BCUT2D eigenvalue weighted by Gasteiger charge is -2.37. The van der Waals surface area contributed by atoms with Gasteiger partial charge in [-0.15, -0.1) is 12.4 Å². The topological polar surface area (TPSA) is 58.4 Å². The Morgan fingerprint density at radius 1 is 1.24 bits per heavy atom. The minimum absolute atomic E-state index is 0.